The summed E-state index contributed by atoms with van der Waals surface area (Å²) in [5.41, 5.74) is 5.72. The Morgan fingerprint density at radius 3 is 2.53 bits per heavy atom. The molecule has 1 aromatic rings. The van der Waals surface area contributed by atoms with Gasteiger partial charge in [0.1, 0.15) is 0 Å². The van der Waals surface area contributed by atoms with Gasteiger partial charge in [0.05, 0.1) is 11.5 Å². The van der Waals surface area contributed by atoms with E-state index in [-0.39, 0.29) is 17.7 Å². The topological polar surface area (TPSA) is 87.7 Å². The van der Waals surface area contributed by atoms with Crippen molar-refractivity contribution in [1.82, 2.24) is 5.32 Å². The lowest BCUT2D eigenvalue weighted by Gasteiger charge is -2.29. The number of nitrogens with one attached hydrogen (secondary N) is 1. The Morgan fingerprint density at radius 1 is 1.47 bits per heavy atom. The first kappa shape index (κ1) is 15.0. The summed E-state index contributed by atoms with van der Waals surface area (Å²) in [6, 6.07) is 9.48. The van der Waals surface area contributed by atoms with E-state index in [0.29, 0.717) is 6.42 Å². The van der Waals surface area contributed by atoms with E-state index in [4.69, 9.17) is 10.9 Å². The van der Waals surface area contributed by atoms with Crippen LogP contribution in [0.25, 0.3) is 0 Å². The number of amidine groups is 1. The van der Waals surface area contributed by atoms with Crippen molar-refractivity contribution < 1.29 is 10.0 Å². The van der Waals surface area contributed by atoms with Crippen molar-refractivity contribution >= 4 is 11.7 Å². The highest BCUT2D eigenvalue weighted by atomic mass is 16.4. The van der Waals surface area contributed by atoms with E-state index in [9.17, 15) is 4.79 Å². The van der Waals surface area contributed by atoms with E-state index in [1.165, 1.54) is 0 Å². The molecule has 0 saturated carbocycles. The first-order valence-corrected chi connectivity index (χ1v) is 6.29. The number of carbonyl (C=O) groups excluding carboxylic acids is 1. The molecule has 19 heavy (non-hydrogen) atoms. The SMILES string of the molecule is CCC(C)(NC(=O)C(C)c1ccccc1)/C(N)=N/O. The maximum atomic E-state index is 12.2. The van der Waals surface area contributed by atoms with Crippen molar-refractivity contribution in [2.45, 2.75) is 38.6 Å². The molecule has 0 radical (unpaired) electrons. The van der Waals surface area contributed by atoms with Gasteiger partial charge >= 0.3 is 0 Å². The van der Waals surface area contributed by atoms with Crippen molar-refractivity contribution in [3.8, 4) is 0 Å². The van der Waals surface area contributed by atoms with Gasteiger partial charge in [-0.05, 0) is 25.8 Å². The quantitative estimate of drug-likeness (QED) is 0.328. The average molecular weight is 263 g/mol. The minimum Gasteiger partial charge on any atom is -0.409 e. The molecule has 104 valence electrons. The van der Waals surface area contributed by atoms with E-state index in [0.717, 1.165) is 5.56 Å². The first-order valence-electron chi connectivity index (χ1n) is 6.29. The molecule has 5 heteroatoms. The zero-order valence-electron chi connectivity index (χ0n) is 11.6. The molecule has 0 aliphatic heterocycles. The predicted molar refractivity (Wildman–Crippen MR) is 75.1 cm³/mol. The standard InChI is InChI=1S/C14H21N3O2/c1-4-14(3,13(15)17-19)16-12(18)10(2)11-8-6-5-7-9-11/h5-10,19H,4H2,1-3H3,(H2,15,17)(H,16,18). The van der Waals surface area contributed by atoms with Gasteiger partial charge in [-0.15, -0.1) is 0 Å². The summed E-state index contributed by atoms with van der Waals surface area (Å²) in [6.07, 6.45) is 0.538. The second kappa shape index (κ2) is 6.22. The largest absolute Gasteiger partial charge is 0.409 e. The summed E-state index contributed by atoms with van der Waals surface area (Å²) >= 11 is 0. The van der Waals surface area contributed by atoms with Crippen molar-refractivity contribution in [3.05, 3.63) is 35.9 Å². The minimum atomic E-state index is -0.838. The Morgan fingerprint density at radius 2 is 2.05 bits per heavy atom. The number of benzene rings is 1. The molecule has 0 aliphatic carbocycles. The number of carbonyl (C=O) groups is 1. The Bertz CT molecular complexity index is 459. The number of hydrogen-bond acceptors (Lipinski definition) is 3. The molecule has 0 fully saturated rings. The Labute approximate surface area is 113 Å². The van der Waals surface area contributed by atoms with Crippen molar-refractivity contribution in [2.24, 2.45) is 10.9 Å². The molecular weight excluding hydrogens is 242 g/mol. The highest BCUT2D eigenvalue weighted by molar-refractivity contribution is 5.95. The molecule has 2 unspecified atom stereocenters. The zero-order chi connectivity index (χ0) is 14.5. The second-order valence-corrected chi connectivity index (χ2v) is 4.79. The molecule has 5 nitrogen and oxygen atoms in total. The summed E-state index contributed by atoms with van der Waals surface area (Å²) < 4.78 is 0. The fourth-order valence-corrected chi connectivity index (χ4v) is 1.72. The van der Waals surface area contributed by atoms with E-state index in [2.05, 4.69) is 10.5 Å². The van der Waals surface area contributed by atoms with Crippen molar-refractivity contribution in [3.63, 3.8) is 0 Å². The molecule has 0 aliphatic rings. The second-order valence-electron chi connectivity index (χ2n) is 4.79. The summed E-state index contributed by atoms with van der Waals surface area (Å²) in [5, 5.41) is 14.6. The number of nitrogens with two attached hydrogens (primary N) is 1. The molecule has 0 aromatic heterocycles. The number of amides is 1. The van der Waals surface area contributed by atoms with E-state index in [1.807, 2.05) is 44.2 Å². The van der Waals surface area contributed by atoms with Gasteiger partial charge in [0.2, 0.25) is 5.91 Å². The van der Waals surface area contributed by atoms with Gasteiger partial charge < -0.3 is 16.3 Å². The molecule has 2 atom stereocenters. The monoisotopic (exact) mass is 263 g/mol. The number of rotatable bonds is 5. The highest BCUT2D eigenvalue weighted by Gasteiger charge is 2.31. The summed E-state index contributed by atoms with van der Waals surface area (Å²) in [7, 11) is 0. The van der Waals surface area contributed by atoms with Crippen molar-refractivity contribution in [2.75, 3.05) is 0 Å². The van der Waals surface area contributed by atoms with Crippen LogP contribution < -0.4 is 11.1 Å². The number of oxime groups is 1. The van der Waals surface area contributed by atoms with Gasteiger partial charge in [-0.2, -0.15) is 0 Å². The maximum Gasteiger partial charge on any atom is 0.228 e. The van der Waals surface area contributed by atoms with Gasteiger partial charge in [0, 0.05) is 0 Å². The molecule has 1 rings (SSSR count). The van der Waals surface area contributed by atoms with Crippen LogP contribution in [0.15, 0.2) is 35.5 Å². The van der Waals surface area contributed by atoms with Crippen LogP contribution in [-0.2, 0) is 4.79 Å². The first-order chi connectivity index (χ1) is 8.94. The lowest BCUT2D eigenvalue weighted by molar-refractivity contribution is -0.123. The lowest BCUT2D eigenvalue weighted by Crippen LogP contribution is -2.55. The van der Waals surface area contributed by atoms with Gasteiger partial charge in [-0.25, -0.2) is 0 Å². The van der Waals surface area contributed by atoms with Crippen LogP contribution in [0.3, 0.4) is 0 Å². The molecule has 1 amide bonds. The summed E-state index contributed by atoms with van der Waals surface area (Å²) in [4.78, 5) is 12.2. The van der Waals surface area contributed by atoms with Crippen LogP contribution in [0.1, 0.15) is 38.7 Å². The molecular formula is C14H21N3O2. The van der Waals surface area contributed by atoms with Gasteiger partial charge in [0.25, 0.3) is 0 Å². The Kier molecular flexibility index (Phi) is 4.92. The summed E-state index contributed by atoms with van der Waals surface area (Å²) in [5.74, 6) is -0.440. The molecule has 0 heterocycles. The third kappa shape index (κ3) is 3.47. The Hall–Kier alpha value is -2.04. The van der Waals surface area contributed by atoms with Gasteiger partial charge in [0.15, 0.2) is 5.84 Å². The molecule has 4 N–H and O–H groups in total. The normalized spacial score (nSPS) is 16.5. The maximum absolute atomic E-state index is 12.2. The fourth-order valence-electron chi connectivity index (χ4n) is 1.72. The van der Waals surface area contributed by atoms with Crippen LogP contribution in [0.5, 0.6) is 0 Å². The Balaban J connectivity index is 2.85. The molecule has 1 aromatic carbocycles. The molecule has 0 spiro atoms. The molecule has 0 saturated heterocycles. The van der Waals surface area contributed by atoms with Crippen LogP contribution >= 0.6 is 0 Å². The lowest BCUT2D eigenvalue weighted by atomic mass is 9.94. The number of hydrogen-bond donors (Lipinski definition) is 3. The molecule has 0 bridgehead atoms. The van der Waals surface area contributed by atoms with Crippen LogP contribution in [0.2, 0.25) is 0 Å². The number of nitrogens with zero attached hydrogens (tertiary/aromatic N) is 1. The third-order valence-corrected chi connectivity index (χ3v) is 3.47. The smallest absolute Gasteiger partial charge is 0.228 e. The minimum absolute atomic E-state index is 0.00334. The third-order valence-electron chi connectivity index (χ3n) is 3.47. The van der Waals surface area contributed by atoms with Crippen LogP contribution in [0, 0.1) is 0 Å². The van der Waals surface area contributed by atoms with Crippen molar-refractivity contribution in [1.29, 1.82) is 0 Å². The highest BCUT2D eigenvalue weighted by Crippen LogP contribution is 2.17. The van der Waals surface area contributed by atoms with Crippen LogP contribution in [-0.4, -0.2) is 22.5 Å². The van der Waals surface area contributed by atoms with E-state index in [1.54, 1.807) is 6.92 Å². The van der Waals surface area contributed by atoms with E-state index < -0.39 is 5.54 Å². The van der Waals surface area contributed by atoms with Gasteiger partial charge in [-0.1, -0.05) is 42.4 Å². The van der Waals surface area contributed by atoms with Gasteiger partial charge in [-0.3, -0.25) is 4.79 Å². The predicted octanol–water partition coefficient (Wildman–Crippen LogP) is 1.82. The van der Waals surface area contributed by atoms with E-state index >= 15 is 0 Å². The zero-order valence-corrected chi connectivity index (χ0v) is 11.6. The van der Waals surface area contributed by atoms with Crippen LogP contribution in [0.4, 0.5) is 0 Å². The fraction of sp³-hybridized carbons (Fsp3) is 0.429. The summed E-state index contributed by atoms with van der Waals surface area (Å²) in [6.45, 7) is 5.43. The average Bonchev–Trinajstić information content (AvgIpc) is 2.46.